The number of aliphatic hydroxyl groups excluding tert-OH is 1. The van der Waals surface area contributed by atoms with Crippen LogP contribution in [0.15, 0.2) is 18.3 Å². The van der Waals surface area contributed by atoms with E-state index < -0.39 is 12.8 Å². The summed E-state index contributed by atoms with van der Waals surface area (Å²) < 4.78 is 40.3. The van der Waals surface area contributed by atoms with E-state index in [4.69, 9.17) is 16.7 Å². The number of rotatable bonds is 8. The summed E-state index contributed by atoms with van der Waals surface area (Å²) in [6, 6.07) is 3.49. The molecule has 0 saturated heterocycles. The predicted octanol–water partition coefficient (Wildman–Crippen LogP) is 2.11. The van der Waals surface area contributed by atoms with Gasteiger partial charge >= 0.3 is 6.18 Å². The molecule has 1 aromatic heterocycles. The molecule has 0 saturated carbocycles. The topological polar surface area (TPSA) is 45.6 Å². The van der Waals surface area contributed by atoms with E-state index in [-0.39, 0.29) is 19.8 Å². The van der Waals surface area contributed by atoms with E-state index in [1.807, 2.05) is 0 Å². The number of hydrogen-bond acceptors (Lipinski definition) is 4. The highest BCUT2D eigenvalue weighted by molar-refractivity contribution is 6.30. The zero-order valence-corrected chi connectivity index (χ0v) is 11.5. The Bertz CT molecular complexity index is 405. The van der Waals surface area contributed by atoms with Crippen molar-refractivity contribution in [1.29, 1.82) is 0 Å². The Kier molecular flexibility index (Phi) is 7.22. The molecule has 1 aromatic rings. The first-order valence-corrected chi connectivity index (χ1v) is 6.37. The molecule has 0 aliphatic carbocycles. The van der Waals surface area contributed by atoms with Crippen molar-refractivity contribution in [2.24, 2.45) is 0 Å². The third-order valence-electron chi connectivity index (χ3n) is 2.46. The summed E-state index contributed by atoms with van der Waals surface area (Å²) in [6.07, 6.45) is -2.77. The maximum Gasteiger partial charge on any atom is 0.411 e. The van der Waals surface area contributed by atoms with Crippen molar-refractivity contribution in [3.63, 3.8) is 0 Å². The molecule has 1 N–H and O–H groups in total. The van der Waals surface area contributed by atoms with Gasteiger partial charge in [0.25, 0.3) is 0 Å². The zero-order valence-electron chi connectivity index (χ0n) is 10.7. The van der Waals surface area contributed by atoms with E-state index in [2.05, 4.69) is 9.72 Å². The second-order valence-electron chi connectivity index (χ2n) is 4.12. The average molecular weight is 313 g/mol. The number of nitrogens with zero attached hydrogens (tertiary/aromatic N) is 2. The highest BCUT2D eigenvalue weighted by Gasteiger charge is 2.27. The van der Waals surface area contributed by atoms with Gasteiger partial charge in [-0.15, -0.1) is 0 Å². The number of alkyl halides is 3. The molecule has 0 aliphatic heterocycles. The fourth-order valence-corrected chi connectivity index (χ4v) is 1.75. The van der Waals surface area contributed by atoms with Crippen molar-refractivity contribution in [3.8, 4) is 0 Å². The van der Waals surface area contributed by atoms with Gasteiger partial charge in [-0.1, -0.05) is 17.7 Å². The Morgan fingerprint density at radius 2 is 2.10 bits per heavy atom. The van der Waals surface area contributed by atoms with E-state index >= 15 is 0 Å². The maximum absolute atomic E-state index is 11.9. The smallest absolute Gasteiger partial charge is 0.395 e. The summed E-state index contributed by atoms with van der Waals surface area (Å²) in [7, 11) is 0. The van der Waals surface area contributed by atoms with Gasteiger partial charge < -0.3 is 9.84 Å². The summed E-state index contributed by atoms with van der Waals surface area (Å²) in [5.74, 6) is 0. The van der Waals surface area contributed by atoms with Crippen LogP contribution in [0.5, 0.6) is 0 Å². The summed E-state index contributed by atoms with van der Waals surface area (Å²) in [6.45, 7) is -0.465. The number of halogens is 4. The second kappa shape index (κ2) is 8.41. The zero-order chi connectivity index (χ0) is 15.0. The number of hydrogen-bond donors (Lipinski definition) is 1. The number of aromatic nitrogens is 1. The van der Waals surface area contributed by atoms with E-state index in [0.717, 1.165) is 5.56 Å². The molecule has 0 fully saturated rings. The third-order valence-corrected chi connectivity index (χ3v) is 2.80. The fraction of sp³-hybridized carbons (Fsp3) is 0.583. The largest absolute Gasteiger partial charge is 0.411 e. The van der Waals surface area contributed by atoms with Gasteiger partial charge in [0.2, 0.25) is 0 Å². The van der Waals surface area contributed by atoms with Crippen molar-refractivity contribution in [3.05, 3.63) is 29.0 Å². The molecule has 1 rings (SSSR count). The second-order valence-corrected chi connectivity index (χ2v) is 4.48. The van der Waals surface area contributed by atoms with Crippen LogP contribution < -0.4 is 0 Å². The van der Waals surface area contributed by atoms with Crippen LogP contribution in [-0.2, 0) is 11.3 Å². The molecule has 0 bridgehead atoms. The van der Waals surface area contributed by atoms with Gasteiger partial charge in [0, 0.05) is 31.4 Å². The van der Waals surface area contributed by atoms with Crippen LogP contribution in [0, 0.1) is 0 Å². The summed E-state index contributed by atoms with van der Waals surface area (Å²) >= 11 is 5.91. The van der Waals surface area contributed by atoms with Crippen LogP contribution in [0.25, 0.3) is 0 Å². The van der Waals surface area contributed by atoms with Crippen LogP contribution >= 0.6 is 11.6 Å². The maximum atomic E-state index is 11.9. The van der Waals surface area contributed by atoms with E-state index in [1.165, 1.54) is 0 Å². The Balaban J connectivity index is 2.43. The lowest BCUT2D eigenvalue weighted by atomic mass is 10.2. The summed E-state index contributed by atoms with van der Waals surface area (Å²) in [4.78, 5) is 5.67. The Morgan fingerprint density at radius 3 is 2.70 bits per heavy atom. The Hall–Kier alpha value is -0.890. The quantitative estimate of drug-likeness (QED) is 0.590. The summed E-state index contributed by atoms with van der Waals surface area (Å²) in [5.41, 5.74) is 0.749. The molecule has 8 heteroatoms. The molecule has 0 spiro atoms. The molecule has 4 nitrogen and oxygen atoms in total. The van der Waals surface area contributed by atoms with E-state index in [9.17, 15) is 13.2 Å². The number of aliphatic hydroxyl groups is 1. The molecule has 20 heavy (non-hydrogen) atoms. The molecule has 0 aliphatic rings. The standard InChI is InChI=1S/C12H16ClF3N2O2/c13-11-10(2-1-3-17-11)8-18(4-6-19)5-7-20-9-12(14,15)16/h1-3,19H,4-9H2. The average Bonchev–Trinajstić information content (AvgIpc) is 2.36. The van der Waals surface area contributed by atoms with Crippen molar-refractivity contribution < 1.29 is 23.0 Å². The van der Waals surface area contributed by atoms with Crippen molar-refractivity contribution in [1.82, 2.24) is 9.88 Å². The Labute approximate surface area is 120 Å². The van der Waals surface area contributed by atoms with Gasteiger partial charge in [-0.25, -0.2) is 4.98 Å². The SMILES string of the molecule is OCCN(CCOCC(F)(F)F)Cc1cccnc1Cl. The Morgan fingerprint density at radius 1 is 1.35 bits per heavy atom. The van der Waals surface area contributed by atoms with Gasteiger partial charge in [-0.05, 0) is 6.07 Å². The fourth-order valence-electron chi connectivity index (χ4n) is 1.57. The number of ether oxygens (including phenoxy) is 1. The van der Waals surface area contributed by atoms with Gasteiger partial charge in [-0.2, -0.15) is 13.2 Å². The van der Waals surface area contributed by atoms with E-state index in [0.29, 0.717) is 18.2 Å². The van der Waals surface area contributed by atoms with Gasteiger partial charge in [-0.3, -0.25) is 4.90 Å². The van der Waals surface area contributed by atoms with Gasteiger partial charge in [0.05, 0.1) is 13.2 Å². The van der Waals surface area contributed by atoms with Crippen molar-refractivity contribution in [2.45, 2.75) is 12.7 Å². The van der Waals surface area contributed by atoms with Crippen molar-refractivity contribution >= 4 is 11.6 Å². The van der Waals surface area contributed by atoms with Gasteiger partial charge in [0.15, 0.2) is 0 Å². The molecular formula is C12H16ClF3N2O2. The van der Waals surface area contributed by atoms with Crippen LogP contribution in [0.1, 0.15) is 5.56 Å². The molecule has 0 unspecified atom stereocenters. The molecule has 0 aromatic carbocycles. The lowest BCUT2D eigenvalue weighted by molar-refractivity contribution is -0.174. The molecule has 0 amide bonds. The predicted molar refractivity (Wildman–Crippen MR) is 68.5 cm³/mol. The lowest BCUT2D eigenvalue weighted by Crippen LogP contribution is -2.31. The highest BCUT2D eigenvalue weighted by atomic mass is 35.5. The molecule has 114 valence electrons. The first kappa shape index (κ1) is 17.2. The van der Waals surface area contributed by atoms with Crippen LogP contribution in [0.3, 0.4) is 0 Å². The molecule has 1 heterocycles. The normalized spacial score (nSPS) is 12.1. The molecular weight excluding hydrogens is 297 g/mol. The van der Waals surface area contributed by atoms with Gasteiger partial charge in [0.1, 0.15) is 11.8 Å². The molecule has 0 radical (unpaired) electrons. The minimum atomic E-state index is -4.32. The number of pyridine rings is 1. The molecule has 0 atom stereocenters. The minimum Gasteiger partial charge on any atom is -0.395 e. The van der Waals surface area contributed by atoms with Crippen LogP contribution in [-0.4, -0.2) is 54.1 Å². The lowest BCUT2D eigenvalue weighted by Gasteiger charge is -2.21. The van der Waals surface area contributed by atoms with E-state index in [1.54, 1.807) is 23.2 Å². The monoisotopic (exact) mass is 312 g/mol. The third kappa shape index (κ3) is 7.04. The van der Waals surface area contributed by atoms with Crippen molar-refractivity contribution in [2.75, 3.05) is 32.9 Å². The van der Waals surface area contributed by atoms with Crippen LogP contribution in [0.4, 0.5) is 13.2 Å². The first-order valence-electron chi connectivity index (χ1n) is 5.99. The highest BCUT2D eigenvalue weighted by Crippen LogP contribution is 2.15. The summed E-state index contributed by atoms with van der Waals surface area (Å²) in [5, 5.41) is 9.30. The van der Waals surface area contributed by atoms with Crippen LogP contribution in [0.2, 0.25) is 5.15 Å². The minimum absolute atomic E-state index is 0.0720. The first-order chi connectivity index (χ1) is 9.42.